The van der Waals surface area contributed by atoms with Gasteiger partial charge in [0.2, 0.25) is 0 Å². The molecule has 2 aromatic heterocycles. The van der Waals surface area contributed by atoms with Crippen LogP contribution in [0.25, 0.3) is 5.69 Å². The van der Waals surface area contributed by atoms with E-state index in [2.05, 4.69) is 10.2 Å². The minimum Gasteiger partial charge on any atom is -0.328 e. The summed E-state index contributed by atoms with van der Waals surface area (Å²) in [6, 6.07) is 12.0. The molecule has 5 nitrogen and oxygen atoms in total. The number of nitrogens with zero attached hydrogens (tertiary/aromatic N) is 4. The third-order valence-corrected chi connectivity index (χ3v) is 5.73. The summed E-state index contributed by atoms with van der Waals surface area (Å²) in [5.41, 5.74) is 2.07. The van der Waals surface area contributed by atoms with Gasteiger partial charge in [-0.2, -0.15) is 0 Å². The van der Waals surface area contributed by atoms with Crippen molar-refractivity contribution < 1.29 is 4.79 Å². The molecule has 1 saturated heterocycles. The summed E-state index contributed by atoms with van der Waals surface area (Å²) in [6.07, 6.45) is 4.78. The first kappa shape index (κ1) is 16.0. The van der Waals surface area contributed by atoms with Gasteiger partial charge in [-0.3, -0.25) is 9.36 Å². The SMILES string of the molecule is Cc1ccsc1C(=O)N1CCCCC1c1nncn1-c1ccccc1. The van der Waals surface area contributed by atoms with Crippen LogP contribution in [0.1, 0.15) is 46.4 Å². The van der Waals surface area contributed by atoms with E-state index >= 15 is 0 Å². The maximum Gasteiger partial charge on any atom is 0.264 e. The molecule has 1 aliphatic rings. The number of aryl methyl sites for hydroxylation is 1. The number of rotatable bonds is 3. The number of amides is 1. The molecule has 0 bridgehead atoms. The molecule has 25 heavy (non-hydrogen) atoms. The molecule has 128 valence electrons. The number of carbonyl (C=O) groups is 1. The van der Waals surface area contributed by atoms with Gasteiger partial charge in [0.15, 0.2) is 5.82 Å². The Labute approximate surface area is 150 Å². The second-order valence-electron chi connectivity index (χ2n) is 6.34. The minimum absolute atomic E-state index is 0.0366. The van der Waals surface area contributed by atoms with Gasteiger partial charge >= 0.3 is 0 Å². The number of thiophene rings is 1. The van der Waals surface area contributed by atoms with E-state index in [4.69, 9.17) is 0 Å². The predicted molar refractivity (Wildman–Crippen MR) is 98.0 cm³/mol. The highest BCUT2D eigenvalue weighted by Crippen LogP contribution is 2.33. The zero-order valence-corrected chi connectivity index (χ0v) is 14.9. The molecule has 6 heteroatoms. The van der Waals surface area contributed by atoms with Gasteiger partial charge in [-0.15, -0.1) is 21.5 Å². The van der Waals surface area contributed by atoms with E-state index in [0.29, 0.717) is 0 Å². The van der Waals surface area contributed by atoms with E-state index in [1.165, 1.54) is 11.3 Å². The topological polar surface area (TPSA) is 51.0 Å². The fourth-order valence-electron chi connectivity index (χ4n) is 3.42. The van der Waals surface area contributed by atoms with Crippen LogP contribution < -0.4 is 0 Å². The maximum absolute atomic E-state index is 13.1. The lowest BCUT2D eigenvalue weighted by Crippen LogP contribution is -2.39. The first-order chi connectivity index (χ1) is 12.3. The zero-order chi connectivity index (χ0) is 17.2. The molecule has 1 unspecified atom stereocenters. The second-order valence-corrected chi connectivity index (χ2v) is 7.25. The number of piperidine rings is 1. The number of para-hydroxylation sites is 1. The standard InChI is InChI=1S/C19H20N4OS/c1-14-10-12-25-17(14)19(24)22-11-6-5-9-16(22)18-21-20-13-23(18)15-7-3-2-4-8-15/h2-4,7-8,10,12-13,16H,5-6,9,11H2,1H3. The van der Waals surface area contributed by atoms with Crippen LogP contribution in [0.2, 0.25) is 0 Å². The Morgan fingerprint density at radius 2 is 2.04 bits per heavy atom. The van der Waals surface area contributed by atoms with Gasteiger partial charge in [-0.1, -0.05) is 18.2 Å². The van der Waals surface area contributed by atoms with E-state index in [-0.39, 0.29) is 11.9 Å². The Hall–Kier alpha value is -2.47. The van der Waals surface area contributed by atoms with Crippen molar-refractivity contribution in [3.8, 4) is 5.69 Å². The molecule has 0 N–H and O–H groups in total. The lowest BCUT2D eigenvalue weighted by molar-refractivity contribution is 0.0602. The summed E-state index contributed by atoms with van der Waals surface area (Å²) in [5.74, 6) is 0.952. The van der Waals surface area contributed by atoms with Crippen LogP contribution in [0.4, 0.5) is 0 Å². The van der Waals surface area contributed by atoms with Crippen LogP contribution in [0.5, 0.6) is 0 Å². The summed E-state index contributed by atoms with van der Waals surface area (Å²) < 4.78 is 2.00. The van der Waals surface area contributed by atoms with E-state index in [1.807, 2.05) is 58.2 Å². The molecule has 1 aromatic carbocycles. The summed E-state index contributed by atoms with van der Waals surface area (Å²) in [5, 5.41) is 10.5. The van der Waals surface area contributed by atoms with E-state index in [1.54, 1.807) is 6.33 Å². The molecule has 0 spiro atoms. The van der Waals surface area contributed by atoms with Crippen molar-refractivity contribution in [3.63, 3.8) is 0 Å². The number of likely N-dealkylation sites (tertiary alicyclic amines) is 1. The van der Waals surface area contributed by atoms with Crippen molar-refractivity contribution in [1.82, 2.24) is 19.7 Å². The monoisotopic (exact) mass is 352 g/mol. The lowest BCUT2D eigenvalue weighted by atomic mass is 10.0. The van der Waals surface area contributed by atoms with Crippen molar-refractivity contribution in [2.24, 2.45) is 0 Å². The molecule has 1 atom stereocenters. The molecule has 3 heterocycles. The number of aromatic nitrogens is 3. The molecular weight excluding hydrogens is 332 g/mol. The van der Waals surface area contributed by atoms with Crippen molar-refractivity contribution in [2.45, 2.75) is 32.2 Å². The van der Waals surface area contributed by atoms with Crippen molar-refractivity contribution in [2.75, 3.05) is 6.54 Å². The average molecular weight is 352 g/mol. The average Bonchev–Trinajstić information content (AvgIpc) is 3.31. The van der Waals surface area contributed by atoms with Gasteiger partial charge in [0.1, 0.15) is 6.33 Å². The van der Waals surface area contributed by atoms with Crippen LogP contribution in [-0.2, 0) is 0 Å². The number of hydrogen-bond donors (Lipinski definition) is 0. The normalized spacial score (nSPS) is 17.6. The molecule has 1 fully saturated rings. The van der Waals surface area contributed by atoms with Gasteiger partial charge in [0, 0.05) is 12.2 Å². The molecule has 0 radical (unpaired) electrons. The molecule has 0 aliphatic carbocycles. The first-order valence-corrected chi connectivity index (χ1v) is 9.44. The number of hydrogen-bond acceptors (Lipinski definition) is 4. The third kappa shape index (κ3) is 2.98. The van der Waals surface area contributed by atoms with Crippen molar-refractivity contribution >= 4 is 17.2 Å². The largest absolute Gasteiger partial charge is 0.328 e. The van der Waals surface area contributed by atoms with Gasteiger partial charge in [0.25, 0.3) is 5.91 Å². The quantitative estimate of drug-likeness (QED) is 0.716. The van der Waals surface area contributed by atoms with Crippen LogP contribution in [0, 0.1) is 6.92 Å². The van der Waals surface area contributed by atoms with Gasteiger partial charge in [-0.25, -0.2) is 0 Å². The predicted octanol–water partition coefficient (Wildman–Crippen LogP) is 4.00. The summed E-state index contributed by atoms with van der Waals surface area (Å²) >= 11 is 1.52. The van der Waals surface area contributed by atoms with Gasteiger partial charge < -0.3 is 4.90 Å². The number of benzene rings is 1. The van der Waals surface area contributed by atoms with E-state index in [9.17, 15) is 4.79 Å². The maximum atomic E-state index is 13.1. The molecule has 0 saturated carbocycles. The van der Waals surface area contributed by atoms with Crippen LogP contribution in [-0.4, -0.2) is 32.1 Å². The first-order valence-electron chi connectivity index (χ1n) is 8.56. The number of carbonyl (C=O) groups excluding carboxylic acids is 1. The van der Waals surface area contributed by atoms with Gasteiger partial charge in [-0.05, 0) is 55.3 Å². The summed E-state index contributed by atoms with van der Waals surface area (Å²) in [7, 11) is 0. The third-order valence-electron chi connectivity index (χ3n) is 4.73. The van der Waals surface area contributed by atoms with Crippen LogP contribution >= 0.6 is 11.3 Å². The molecule has 1 amide bonds. The highest BCUT2D eigenvalue weighted by Gasteiger charge is 2.33. The minimum atomic E-state index is -0.0366. The molecule has 4 rings (SSSR count). The molecule has 3 aromatic rings. The zero-order valence-electron chi connectivity index (χ0n) is 14.1. The second kappa shape index (κ2) is 6.80. The Morgan fingerprint density at radius 3 is 2.80 bits per heavy atom. The molecular formula is C19H20N4OS. The Bertz CT molecular complexity index is 870. The highest BCUT2D eigenvalue weighted by atomic mass is 32.1. The fourth-order valence-corrected chi connectivity index (χ4v) is 4.30. The van der Waals surface area contributed by atoms with Gasteiger partial charge in [0.05, 0.1) is 10.9 Å². The van der Waals surface area contributed by atoms with E-state index < -0.39 is 0 Å². The highest BCUT2D eigenvalue weighted by molar-refractivity contribution is 7.12. The van der Waals surface area contributed by atoms with Crippen LogP contribution in [0.3, 0.4) is 0 Å². The van der Waals surface area contributed by atoms with Crippen molar-refractivity contribution in [3.05, 3.63) is 64.4 Å². The van der Waals surface area contributed by atoms with Crippen molar-refractivity contribution in [1.29, 1.82) is 0 Å². The summed E-state index contributed by atoms with van der Waals surface area (Å²) in [4.78, 5) is 15.9. The molecule has 1 aliphatic heterocycles. The lowest BCUT2D eigenvalue weighted by Gasteiger charge is -2.35. The fraction of sp³-hybridized carbons (Fsp3) is 0.316. The Balaban J connectivity index is 1.70. The Morgan fingerprint density at radius 1 is 1.20 bits per heavy atom. The van der Waals surface area contributed by atoms with Crippen LogP contribution in [0.15, 0.2) is 48.1 Å². The Kier molecular flexibility index (Phi) is 4.36. The summed E-state index contributed by atoms with van der Waals surface area (Å²) in [6.45, 7) is 2.76. The smallest absolute Gasteiger partial charge is 0.264 e. The van der Waals surface area contributed by atoms with E-state index in [0.717, 1.165) is 47.8 Å².